The molecule has 3 aromatic heterocycles. The molecule has 0 aliphatic rings. The van der Waals surface area contributed by atoms with Crippen LogP contribution in [0.3, 0.4) is 0 Å². The number of ether oxygens (including phenoxy) is 1. The lowest BCUT2D eigenvalue weighted by Gasteiger charge is -2.22. The highest BCUT2D eigenvalue weighted by Crippen LogP contribution is 2.18. The molecule has 1 amide bonds. The zero-order chi connectivity index (χ0) is 22.2. The van der Waals surface area contributed by atoms with Gasteiger partial charge in [-0.3, -0.25) is 14.8 Å². The molecule has 0 aliphatic carbocycles. The van der Waals surface area contributed by atoms with Crippen LogP contribution in [0.5, 0.6) is 5.75 Å². The van der Waals surface area contributed by atoms with E-state index < -0.39 is 0 Å². The molecule has 32 heavy (non-hydrogen) atoms. The molecule has 4 aromatic rings. The first-order chi connectivity index (χ1) is 15.7. The molecule has 0 atom stereocenters. The highest BCUT2D eigenvalue weighted by atomic mass is 32.1. The molecule has 162 valence electrons. The molecule has 1 aromatic carbocycles. The third kappa shape index (κ3) is 6.21. The zero-order valence-electron chi connectivity index (χ0n) is 17.8. The van der Waals surface area contributed by atoms with Crippen molar-refractivity contribution in [2.75, 3.05) is 0 Å². The second-order valence-electron chi connectivity index (χ2n) is 7.48. The van der Waals surface area contributed by atoms with E-state index in [1.165, 1.54) is 16.9 Å². The lowest BCUT2D eigenvalue weighted by Crippen LogP contribution is -2.31. The first kappa shape index (κ1) is 21.6. The Morgan fingerprint density at radius 1 is 0.969 bits per heavy atom. The van der Waals surface area contributed by atoms with Crippen LogP contribution in [0.1, 0.15) is 27.4 Å². The van der Waals surface area contributed by atoms with Crippen LogP contribution < -0.4 is 4.74 Å². The molecule has 3 heterocycles. The van der Waals surface area contributed by atoms with Crippen LogP contribution in [0.4, 0.5) is 0 Å². The number of pyridine rings is 2. The minimum absolute atomic E-state index is 0.0157. The molecule has 0 saturated carbocycles. The van der Waals surface area contributed by atoms with E-state index in [-0.39, 0.29) is 12.3 Å². The van der Waals surface area contributed by atoms with Gasteiger partial charge in [-0.15, -0.1) is 11.3 Å². The van der Waals surface area contributed by atoms with Crippen LogP contribution in [0.2, 0.25) is 0 Å². The summed E-state index contributed by atoms with van der Waals surface area (Å²) in [6, 6.07) is 15.6. The fourth-order valence-electron chi connectivity index (χ4n) is 3.20. The summed E-state index contributed by atoms with van der Waals surface area (Å²) in [5.74, 6) is 0.824. The SMILES string of the molecule is Cc1ccc(OCc2nc(CC(=O)N(Cc3ccncc3)Cc3cccnc3)cs2)cc1. The van der Waals surface area contributed by atoms with Crippen molar-refractivity contribution < 1.29 is 9.53 Å². The van der Waals surface area contributed by atoms with E-state index in [0.717, 1.165) is 27.6 Å². The van der Waals surface area contributed by atoms with Crippen LogP contribution >= 0.6 is 11.3 Å². The fraction of sp³-hybridized carbons (Fsp3) is 0.200. The van der Waals surface area contributed by atoms with Crippen molar-refractivity contribution in [3.05, 3.63) is 106 Å². The molecule has 0 spiro atoms. The molecule has 0 saturated heterocycles. The number of thiazole rings is 1. The number of carbonyl (C=O) groups is 1. The first-order valence-electron chi connectivity index (χ1n) is 10.3. The number of hydrogen-bond acceptors (Lipinski definition) is 6. The van der Waals surface area contributed by atoms with Gasteiger partial charge in [0.1, 0.15) is 17.4 Å². The van der Waals surface area contributed by atoms with Crippen LogP contribution in [0.25, 0.3) is 0 Å². The van der Waals surface area contributed by atoms with Gasteiger partial charge < -0.3 is 9.64 Å². The average Bonchev–Trinajstić information content (AvgIpc) is 3.27. The summed E-state index contributed by atoms with van der Waals surface area (Å²) in [6.07, 6.45) is 7.24. The van der Waals surface area contributed by atoms with Crippen LogP contribution in [0, 0.1) is 6.92 Å². The number of amides is 1. The maximum Gasteiger partial charge on any atom is 0.229 e. The van der Waals surface area contributed by atoms with Crippen molar-refractivity contribution in [2.24, 2.45) is 0 Å². The monoisotopic (exact) mass is 444 g/mol. The second-order valence-corrected chi connectivity index (χ2v) is 8.42. The van der Waals surface area contributed by atoms with E-state index in [0.29, 0.717) is 19.7 Å². The molecular weight excluding hydrogens is 420 g/mol. The minimum Gasteiger partial charge on any atom is -0.486 e. The number of hydrogen-bond donors (Lipinski definition) is 0. The van der Waals surface area contributed by atoms with Gasteiger partial charge in [-0.1, -0.05) is 23.8 Å². The summed E-state index contributed by atoms with van der Waals surface area (Å²) < 4.78 is 5.81. The summed E-state index contributed by atoms with van der Waals surface area (Å²) in [5, 5.41) is 2.78. The van der Waals surface area contributed by atoms with E-state index in [2.05, 4.69) is 15.0 Å². The predicted molar refractivity (Wildman–Crippen MR) is 124 cm³/mol. The van der Waals surface area contributed by atoms with E-state index in [1.807, 2.05) is 65.7 Å². The Bertz CT molecular complexity index is 1090. The largest absolute Gasteiger partial charge is 0.486 e. The summed E-state index contributed by atoms with van der Waals surface area (Å²) in [4.78, 5) is 27.8. The van der Waals surface area contributed by atoms with E-state index in [1.54, 1.807) is 24.8 Å². The van der Waals surface area contributed by atoms with Crippen molar-refractivity contribution in [1.82, 2.24) is 19.9 Å². The van der Waals surface area contributed by atoms with E-state index >= 15 is 0 Å². The summed E-state index contributed by atoms with van der Waals surface area (Å²) in [5.41, 5.74) is 3.96. The van der Waals surface area contributed by atoms with Gasteiger partial charge in [-0.2, -0.15) is 0 Å². The highest BCUT2D eigenvalue weighted by molar-refractivity contribution is 7.09. The van der Waals surface area contributed by atoms with Crippen LogP contribution in [-0.2, 0) is 30.9 Å². The molecule has 0 bridgehead atoms. The van der Waals surface area contributed by atoms with Crippen molar-refractivity contribution in [3.8, 4) is 5.75 Å². The summed E-state index contributed by atoms with van der Waals surface area (Å²) in [7, 11) is 0. The Morgan fingerprint density at radius 3 is 2.50 bits per heavy atom. The van der Waals surface area contributed by atoms with E-state index in [4.69, 9.17) is 4.74 Å². The maximum atomic E-state index is 13.2. The van der Waals surface area contributed by atoms with Gasteiger partial charge in [-0.05, 0) is 48.4 Å². The normalized spacial score (nSPS) is 10.7. The van der Waals surface area contributed by atoms with Crippen molar-refractivity contribution in [3.63, 3.8) is 0 Å². The third-order valence-electron chi connectivity index (χ3n) is 4.89. The smallest absolute Gasteiger partial charge is 0.229 e. The molecule has 6 nitrogen and oxygen atoms in total. The number of aromatic nitrogens is 3. The van der Waals surface area contributed by atoms with Crippen LogP contribution in [-0.4, -0.2) is 25.8 Å². The fourth-order valence-corrected chi connectivity index (χ4v) is 3.90. The Morgan fingerprint density at radius 2 is 1.75 bits per heavy atom. The van der Waals surface area contributed by atoms with Gasteiger partial charge in [0.25, 0.3) is 0 Å². The van der Waals surface area contributed by atoms with Crippen molar-refractivity contribution >= 4 is 17.2 Å². The molecule has 4 rings (SSSR count). The lowest BCUT2D eigenvalue weighted by molar-refractivity contribution is -0.131. The van der Waals surface area contributed by atoms with Crippen LogP contribution in [0.15, 0.2) is 78.7 Å². The molecule has 7 heteroatoms. The Hall–Kier alpha value is -3.58. The average molecular weight is 445 g/mol. The minimum atomic E-state index is 0.0157. The molecule has 0 unspecified atom stereocenters. The number of nitrogens with zero attached hydrogens (tertiary/aromatic N) is 4. The molecular formula is C25H24N4O2S. The number of rotatable bonds is 9. The topological polar surface area (TPSA) is 68.2 Å². The molecule has 0 radical (unpaired) electrons. The van der Waals surface area contributed by atoms with Crippen molar-refractivity contribution in [1.29, 1.82) is 0 Å². The Balaban J connectivity index is 1.40. The molecule has 0 fully saturated rings. The van der Waals surface area contributed by atoms with Gasteiger partial charge in [0.05, 0.1) is 12.1 Å². The van der Waals surface area contributed by atoms with Crippen molar-refractivity contribution in [2.45, 2.75) is 33.0 Å². The lowest BCUT2D eigenvalue weighted by atomic mass is 10.2. The van der Waals surface area contributed by atoms with Gasteiger partial charge in [0.2, 0.25) is 5.91 Å². The maximum absolute atomic E-state index is 13.2. The molecule has 0 aliphatic heterocycles. The summed E-state index contributed by atoms with van der Waals surface area (Å²) in [6.45, 7) is 3.42. The summed E-state index contributed by atoms with van der Waals surface area (Å²) >= 11 is 1.51. The standard InChI is InChI=1S/C25H24N4O2S/c1-19-4-6-23(7-5-19)31-17-24-28-22(18-32-24)13-25(30)29(15-20-8-11-26-12-9-20)16-21-3-2-10-27-14-21/h2-12,14,18H,13,15-17H2,1H3. The van der Waals surface area contributed by atoms with E-state index in [9.17, 15) is 4.79 Å². The van der Waals surface area contributed by atoms with Gasteiger partial charge in [0.15, 0.2) is 0 Å². The van der Waals surface area contributed by atoms with Gasteiger partial charge in [0, 0.05) is 43.3 Å². The highest BCUT2D eigenvalue weighted by Gasteiger charge is 2.17. The third-order valence-corrected chi connectivity index (χ3v) is 5.76. The zero-order valence-corrected chi connectivity index (χ0v) is 18.7. The Kier molecular flexibility index (Phi) is 7.19. The second kappa shape index (κ2) is 10.6. The predicted octanol–water partition coefficient (Wildman–Crippen LogP) is 4.59. The Labute approximate surface area is 191 Å². The van der Waals surface area contributed by atoms with Gasteiger partial charge in [-0.25, -0.2) is 4.98 Å². The number of aryl methyl sites for hydroxylation is 1. The quantitative estimate of drug-likeness (QED) is 0.378. The first-order valence-corrected chi connectivity index (χ1v) is 11.2. The molecule has 0 N–H and O–H groups in total. The number of benzene rings is 1. The number of carbonyl (C=O) groups excluding carboxylic acids is 1. The van der Waals surface area contributed by atoms with Gasteiger partial charge >= 0.3 is 0 Å².